The Morgan fingerprint density at radius 2 is 2.04 bits per heavy atom. The molecule has 1 amide bonds. The maximum atomic E-state index is 11.1. The van der Waals surface area contributed by atoms with E-state index in [9.17, 15) is 4.79 Å². The molecular weight excluding hydrogens is 340 g/mol. The number of benzene rings is 1. The lowest BCUT2D eigenvalue weighted by molar-refractivity contribution is -0.118. The van der Waals surface area contributed by atoms with Crippen LogP contribution >= 0.6 is 11.8 Å². The first-order valence-corrected chi connectivity index (χ1v) is 8.78. The van der Waals surface area contributed by atoms with Crippen molar-refractivity contribution in [3.63, 3.8) is 0 Å². The van der Waals surface area contributed by atoms with E-state index < -0.39 is 0 Å². The molecule has 0 saturated heterocycles. The highest BCUT2D eigenvalue weighted by Crippen LogP contribution is 2.24. The topological polar surface area (TPSA) is 96.2 Å². The highest BCUT2D eigenvalue weighted by molar-refractivity contribution is 7.99. The van der Waals surface area contributed by atoms with Gasteiger partial charge in [0.25, 0.3) is 0 Å². The van der Waals surface area contributed by atoms with Crippen LogP contribution in [0.1, 0.15) is 6.42 Å². The number of rotatable bonds is 9. The molecule has 0 unspecified atom stereocenters. The number of hydrogen-bond acceptors (Lipinski definition) is 6. The molecule has 0 radical (unpaired) electrons. The molecule has 0 aliphatic rings. The van der Waals surface area contributed by atoms with Gasteiger partial charge in [-0.1, -0.05) is 30.0 Å². The Bertz CT molecular complexity index is 803. The van der Waals surface area contributed by atoms with Crippen LogP contribution < -0.4 is 10.5 Å². The number of ether oxygens (including phenoxy) is 1. The van der Waals surface area contributed by atoms with E-state index in [1.54, 1.807) is 18.4 Å². The van der Waals surface area contributed by atoms with Gasteiger partial charge >= 0.3 is 0 Å². The summed E-state index contributed by atoms with van der Waals surface area (Å²) in [6.45, 7) is 0.938. The van der Waals surface area contributed by atoms with Gasteiger partial charge in [-0.2, -0.15) is 0 Å². The fraction of sp³-hybridized carbons (Fsp3) is 0.235. The van der Waals surface area contributed by atoms with Crippen LogP contribution in [0.4, 0.5) is 0 Å². The average Bonchev–Trinajstić information content (AvgIpc) is 3.27. The second-order valence-electron chi connectivity index (χ2n) is 5.16. The number of para-hydroxylation sites is 1. The Labute approximate surface area is 149 Å². The Balaban J connectivity index is 1.64. The Kier molecular flexibility index (Phi) is 5.73. The molecule has 0 aliphatic carbocycles. The van der Waals surface area contributed by atoms with Crippen LogP contribution in [-0.4, -0.2) is 33.0 Å². The quantitative estimate of drug-likeness (QED) is 0.466. The van der Waals surface area contributed by atoms with Crippen molar-refractivity contribution in [3.8, 4) is 17.3 Å². The minimum absolute atomic E-state index is 0.208. The first-order chi connectivity index (χ1) is 12.2. The number of hydrogen-bond donors (Lipinski definition) is 1. The fourth-order valence-corrected chi connectivity index (χ4v) is 3.00. The zero-order chi connectivity index (χ0) is 17.5. The number of nitrogens with zero attached hydrogens (tertiary/aromatic N) is 3. The molecule has 2 aromatic heterocycles. The van der Waals surface area contributed by atoms with Crippen LogP contribution in [0.5, 0.6) is 5.75 Å². The molecule has 1 aromatic carbocycles. The number of nitrogens with two attached hydrogens (primary N) is 1. The van der Waals surface area contributed by atoms with Gasteiger partial charge in [-0.05, 0) is 24.3 Å². The molecule has 2 heterocycles. The summed E-state index contributed by atoms with van der Waals surface area (Å²) in [6.07, 6.45) is 1.78. The summed E-state index contributed by atoms with van der Waals surface area (Å²) in [7, 11) is 0. The van der Waals surface area contributed by atoms with Gasteiger partial charge in [0.1, 0.15) is 5.75 Å². The average molecular weight is 358 g/mol. The molecule has 0 fully saturated rings. The van der Waals surface area contributed by atoms with Gasteiger partial charge < -0.3 is 14.9 Å². The lowest BCUT2D eigenvalue weighted by atomic mass is 10.3. The SMILES string of the molecule is NC(=O)CCn1c(SCCOc2ccccc2)nnc1-c1ccco1. The van der Waals surface area contributed by atoms with E-state index in [4.69, 9.17) is 14.9 Å². The molecule has 0 bridgehead atoms. The van der Waals surface area contributed by atoms with Gasteiger partial charge in [-0.3, -0.25) is 9.36 Å². The van der Waals surface area contributed by atoms with Crippen molar-refractivity contribution in [1.82, 2.24) is 14.8 Å². The molecule has 0 saturated carbocycles. The van der Waals surface area contributed by atoms with E-state index >= 15 is 0 Å². The maximum Gasteiger partial charge on any atom is 0.219 e. The predicted octanol–water partition coefficient (Wildman–Crippen LogP) is 2.58. The Morgan fingerprint density at radius 1 is 1.20 bits per heavy atom. The second kappa shape index (κ2) is 8.39. The van der Waals surface area contributed by atoms with Crippen molar-refractivity contribution in [2.75, 3.05) is 12.4 Å². The van der Waals surface area contributed by atoms with E-state index in [2.05, 4.69) is 10.2 Å². The molecule has 25 heavy (non-hydrogen) atoms. The first kappa shape index (κ1) is 17.1. The highest BCUT2D eigenvalue weighted by atomic mass is 32.2. The normalized spacial score (nSPS) is 10.7. The number of carbonyl (C=O) groups is 1. The summed E-state index contributed by atoms with van der Waals surface area (Å²) in [6, 6.07) is 13.2. The van der Waals surface area contributed by atoms with Crippen LogP contribution in [-0.2, 0) is 11.3 Å². The lowest BCUT2D eigenvalue weighted by Gasteiger charge is -2.08. The van der Waals surface area contributed by atoms with Gasteiger partial charge in [-0.25, -0.2) is 0 Å². The Hall–Kier alpha value is -2.74. The molecular formula is C17H18N4O3S. The number of aromatic nitrogens is 3. The highest BCUT2D eigenvalue weighted by Gasteiger charge is 2.16. The summed E-state index contributed by atoms with van der Waals surface area (Å²) < 4.78 is 12.9. The van der Waals surface area contributed by atoms with Crippen molar-refractivity contribution in [2.24, 2.45) is 5.73 Å². The minimum atomic E-state index is -0.373. The molecule has 0 spiro atoms. The predicted molar refractivity (Wildman–Crippen MR) is 94.2 cm³/mol. The van der Waals surface area contributed by atoms with Crippen molar-refractivity contribution in [2.45, 2.75) is 18.1 Å². The molecule has 0 aliphatic heterocycles. The third kappa shape index (κ3) is 4.63. The molecule has 3 aromatic rings. The van der Waals surface area contributed by atoms with Gasteiger partial charge in [-0.15, -0.1) is 10.2 Å². The standard InChI is InChI=1S/C17H18N4O3S/c18-15(22)8-9-21-16(14-7-4-10-24-14)19-20-17(21)25-12-11-23-13-5-2-1-3-6-13/h1-7,10H,8-9,11-12H2,(H2,18,22). The van der Waals surface area contributed by atoms with Gasteiger partial charge in [0.05, 0.1) is 12.9 Å². The maximum absolute atomic E-state index is 11.1. The van der Waals surface area contributed by atoms with E-state index in [-0.39, 0.29) is 12.3 Å². The van der Waals surface area contributed by atoms with Crippen LogP contribution in [0, 0.1) is 0 Å². The molecule has 8 heteroatoms. The molecule has 3 rings (SSSR count). The van der Waals surface area contributed by atoms with E-state index in [1.807, 2.05) is 34.9 Å². The minimum Gasteiger partial charge on any atom is -0.493 e. The van der Waals surface area contributed by atoms with Crippen molar-refractivity contribution in [1.29, 1.82) is 0 Å². The third-order valence-corrected chi connectivity index (χ3v) is 4.30. The number of amides is 1. The number of primary amides is 1. The van der Waals surface area contributed by atoms with Crippen molar-refractivity contribution in [3.05, 3.63) is 48.7 Å². The van der Waals surface area contributed by atoms with Gasteiger partial charge in [0.2, 0.25) is 5.91 Å². The van der Waals surface area contributed by atoms with Crippen molar-refractivity contribution >= 4 is 17.7 Å². The van der Waals surface area contributed by atoms with Crippen LogP contribution in [0.25, 0.3) is 11.6 Å². The fourth-order valence-electron chi connectivity index (χ4n) is 2.22. The monoisotopic (exact) mass is 358 g/mol. The molecule has 7 nitrogen and oxygen atoms in total. The molecule has 0 atom stereocenters. The first-order valence-electron chi connectivity index (χ1n) is 7.80. The van der Waals surface area contributed by atoms with E-state index in [1.165, 1.54) is 11.8 Å². The smallest absolute Gasteiger partial charge is 0.219 e. The van der Waals surface area contributed by atoms with Crippen LogP contribution in [0.2, 0.25) is 0 Å². The summed E-state index contributed by atoms with van der Waals surface area (Å²) in [5.74, 6) is 2.33. The molecule has 130 valence electrons. The summed E-state index contributed by atoms with van der Waals surface area (Å²) in [4.78, 5) is 11.1. The van der Waals surface area contributed by atoms with Crippen LogP contribution in [0.3, 0.4) is 0 Å². The van der Waals surface area contributed by atoms with Gasteiger partial charge in [0, 0.05) is 18.7 Å². The Morgan fingerprint density at radius 3 is 2.76 bits per heavy atom. The zero-order valence-electron chi connectivity index (χ0n) is 13.5. The zero-order valence-corrected chi connectivity index (χ0v) is 14.3. The summed E-state index contributed by atoms with van der Waals surface area (Å²) in [5.41, 5.74) is 5.27. The number of thioether (sulfide) groups is 1. The number of furan rings is 1. The van der Waals surface area contributed by atoms with Crippen molar-refractivity contribution < 1.29 is 13.9 Å². The van der Waals surface area contributed by atoms with E-state index in [0.717, 1.165) is 5.75 Å². The van der Waals surface area contributed by atoms with E-state index in [0.29, 0.717) is 35.6 Å². The summed E-state index contributed by atoms with van der Waals surface area (Å²) in [5, 5.41) is 9.08. The summed E-state index contributed by atoms with van der Waals surface area (Å²) >= 11 is 1.51. The number of carbonyl (C=O) groups excluding carboxylic acids is 1. The second-order valence-corrected chi connectivity index (χ2v) is 6.22. The lowest BCUT2D eigenvalue weighted by Crippen LogP contribution is -2.15. The third-order valence-electron chi connectivity index (χ3n) is 3.37. The van der Waals surface area contributed by atoms with Gasteiger partial charge in [0.15, 0.2) is 16.7 Å². The largest absolute Gasteiger partial charge is 0.493 e. The molecule has 2 N–H and O–H groups in total. The van der Waals surface area contributed by atoms with Crippen LogP contribution in [0.15, 0.2) is 58.3 Å².